The standard InChI is InChI=1S/C13H14FN5OS/c1-8-17-18-13(21-8)19-6-11(7-19)16-12(20)15-10-4-2-9(14)3-5-10/h2-5,11H,6-7H2,1H3,(H2,15,16,20). The first-order valence-corrected chi connectivity index (χ1v) is 7.30. The molecule has 2 N–H and O–H groups in total. The predicted molar refractivity (Wildman–Crippen MR) is 79.2 cm³/mol. The van der Waals surface area contributed by atoms with E-state index in [9.17, 15) is 9.18 Å². The number of hydrogen-bond acceptors (Lipinski definition) is 5. The third-order valence-electron chi connectivity index (χ3n) is 3.10. The number of halogens is 1. The van der Waals surface area contributed by atoms with E-state index in [1.54, 1.807) is 0 Å². The van der Waals surface area contributed by atoms with Crippen LogP contribution >= 0.6 is 11.3 Å². The van der Waals surface area contributed by atoms with Gasteiger partial charge >= 0.3 is 6.03 Å². The van der Waals surface area contributed by atoms with Gasteiger partial charge in [0, 0.05) is 18.8 Å². The Labute approximate surface area is 125 Å². The average molecular weight is 307 g/mol. The van der Waals surface area contributed by atoms with E-state index in [2.05, 4.69) is 25.7 Å². The van der Waals surface area contributed by atoms with Gasteiger partial charge in [-0.05, 0) is 31.2 Å². The number of aryl methyl sites for hydroxylation is 1. The molecular formula is C13H14FN5OS. The van der Waals surface area contributed by atoms with Crippen molar-refractivity contribution in [2.45, 2.75) is 13.0 Å². The molecule has 2 amide bonds. The fourth-order valence-corrected chi connectivity index (χ4v) is 2.73. The van der Waals surface area contributed by atoms with E-state index in [1.165, 1.54) is 35.6 Å². The molecule has 1 saturated heterocycles. The van der Waals surface area contributed by atoms with Crippen molar-refractivity contribution in [1.82, 2.24) is 15.5 Å². The Morgan fingerprint density at radius 1 is 1.33 bits per heavy atom. The van der Waals surface area contributed by atoms with Crippen molar-refractivity contribution in [3.05, 3.63) is 35.1 Å². The Bertz CT molecular complexity index is 638. The lowest BCUT2D eigenvalue weighted by atomic mass is 10.1. The van der Waals surface area contributed by atoms with Crippen LogP contribution in [0, 0.1) is 12.7 Å². The molecule has 0 atom stereocenters. The molecule has 2 aromatic rings. The molecule has 0 saturated carbocycles. The van der Waals surface area contributed by atoms with Gasteiger partial charge in [0.15, 0.2) is 0 Å². The molecule has 2 heterocycles. The summed E-state index contributed by atoms with van der Waals surface area (Å²) in [6.45, 7) is 3.34. The number of carbonyl (C=O) groups excluding carboxylic acids is 1. The van der Waals surface area contributed by atoms with Crippen molar-refractivity contribution in [3.8, 4) is 0 Å². The molecule has 8 heteroatoms. The Balaban J connectivity index is 1.46. The SMILES string of the molecule is Cc1nnc(N2CC(NC(=O)Nc3ccc(F)cc3)C2)s1. The maximum absolute atomic E-state index is 12.8. The molecule has 1 aromatic carbocycles. The Hall–Kier alpha value is -2.22. The molecular weight excluding hydrogens is 293 g/mol. The smallest absolute Gasteiger partial charge is 0.319 e. The molecule has 21 heavy (non-hydrogen) atoms. The number of hydrogen-bond donors (Lipinski definition) is 2. The minimum Gasteiger partial charge on any atom is -0.342 e. The molecule has 0 radical (unpaired) electrons. The summed E-state index contributed by atoms with van der Waals surface area (Å²) >= 11 is 1.54. The van der Waals surface area contributed by atoms with Gasteiger partial charge in [-0.3, -0.25) is 0 Å². The van der Waals surface area contributed by atoms with Gasteiger partial charge in [0.2, 0.25) is 5.13 Å². The second kappa shape index (κ2) is 5.65. The number of amides is 2. The molecule has 0 spiro atoms. The van der Waals surface area contributed by atoms with Crippen molar-refractivity contribution in [2.24, 2.45) is 0 Å². The molecule has 1 aromatic heterocycles. The second-order valence-electron chi connectivity index (χ2n) is 4.81. The molecule has 0 unspecified atom stereocenters. The topological polar surface area (TPSA) is 70.2 Å². The van der Waals surface area contributed by atoms with E-state index < -0.39 is 0 Å². The average Bonchev–Trinajstić information content (AvgIpc) is 2.82. The van der Waals surface area contributed by atoms with Crippen molar-refractivity contribution < 1.29 is 9.18 Å². The van der Waals surface area contributed by atoms with E-state index in [0.717, 1.165) is 10.1 Å². The van der Waals surface area contributed by atoms with Gasteiger partial charge in [0.1, 0.15) is 10.8 Å². The minimum atomic E-state index is -0.331. The van der Waals surface area contributed by atoms with Gasteiger partial charge in [-0.15, -0.1) is 10.2 Å². The third-order valence-corrected chi connectivity index (χ3v) is 4.00. The first kappa shape index (κ1) is 13.7. The van der Waals surface area contributed by atoms with Crippen LogP contribution in [0.15, 0.2) is 24.3 Å². The maximum atomic E-state index is 12.8. The van der Waals surface area contributed by atoms with Gasteiger partial charge in [0.25, 0.3) is 0 Å². The molecule has 1 aliphatic rings. The van der Waals surface area contributed by atoms with Crippen LogP contribution in [0.25, 0.3) is 0 Å². The summed E-state index contributed by atoms with van der Waals surface area (Å²) in [6.07, 6.45) is 0. The highest BCUT2D eigenvalue weighted by molar-refractivity contribution is 7.15. The highest BCUT2D eigenvalue weighted by Gasteiger charge is 2.30. The summed E-state index contributed by atoms with van der Waals surface area (Å²) in [7, 11) is 0. The molecule has 0 aliphatic carbocycles. The summed E-state index contributed by atoms with van der Waals surface area (Å²) < 4.78 is 12.8. The van der Waals surface area contributed by atoms with E-state index in [4.69, 9.17) is 0 Å². The molecule has 110 valence electrons. The number of aromatic nitrogens is 2. The number of benzene rings is 1. The van der Waals surface area contributed by atoms with Crippen LogP contribution < -0.4 is 15.5 Å². The summed E-state index contributed by atoms with van der Waals surface area (Å²) in [4.78, 5) is 13.9. The first-order chi connectivity index (χ1) is 10.1. The summed E-state index contributed by atoms with van der Waals surface area (Å²) in [5.74, 6) is -0.331. The van der Waals surface area contributed by atoms with Crippen LogP contribution in [0.1, 0.15) is 5.01 Å². The first-order valence-electron chi connectivity index (χ1n) is 6.48. The van der Waals surface area contributed by atoms with Gasteiger partial charge in [-0.2, -0.15) is 0 Å². The Kier molecular flexibility index (Phi) is 3.70. The van der Waals surface area contributed by atoms with Crippen molar-refractivity contribution in [1.29, 1.82) is 0 Å². The van der Waals surface area contributed by atoms with Crippen LogP contribution in [-0.2, 0) is 0 Å². The van der Waals surface area contributed by atoms with Gasteiger partial charge in [-0.25, -0.2) is 9.18 Å². The van der Waals surface area contributed by atoms with Gasteiger partial charge < -0.3 is 15.5 Å². The van der Waals surface area contributed by atoms with Crippen LogP contribution in [0.2, 0.25) is 0 Å². The van der Waals surface area contributed by atoms with Crippen LogP contribution in [-0.4, -0.2) is 35.4 Å². The van der Waals surface area contributed by atoms with Crippen LogP contribution in [0.5, 0.6) is 0 Å². The van der Waals surface area contributed by atoms with Crippen LogP contribution in [0.4, 0.5) is 20.0 Å². The molecule has 1 fully saturated rings. The highest BCUT2D eigenvalue weighted by Crippen LogP contribution is 2.24. The largest absolute Gasteiger partial charge is 0.342 e. The third kappa shape index (κ3) is 3.27. The monoisotopic (exact) mass is 307 g/mol. The zero-order valence-corrected chi connectivity index (χ0v) is 12.2. The van der Waals surface area contributed by atoms with Gasteiger partial charge in [-0.1, -0.05) is 11.3 Å². The van der Waals surface area contributed by atoms with E-state index in [0.29, 0.717) is 18.8 Å². The Morgan fingerprint density at radius 3 is 2.67 bits per heavy atom. The van der Waals surface area contributed by atoms with E-state index in [-0.39, 0.29) is 17.9 Å². The molecule has 6 nitrogen and oxygen atoms in total. The predicted octanol–water partition coefficient (Wildman–Crippen LogP) is 2.00. The van der Waals surface area contributed by atoms with Crippen molar-refractivity contribution >= 4 is 28.2 Å². The summed E-state index contributed by atoms with van der Waals surface area (Å²) in [6, 6.07) is 5.43. The number of nitrogens with zero attached hydrogens (tertiary/aromatic N) is 3. The van der Waals surface area contributed by atoms with Crippen molar-refractivity contribution in [3.63, 3.8) is 0 Å². The van der Waals surface area contributed by atoms with E-state index in [1.807, 2.05) is 6.92 Å². The lowest BCUT2D eigenvalue weighted by molar-refractivity contribution is 0.245. The van der Waals surface area contributed by atoms with Crippen LogP contribution in [0.3, 0.4) is 0 Å². The van der Waals surface area contributed by atoms with Crippen molar-refractivity contribution in [2.75, 3.05) is 23.3 Å². The number of anilines is 2. The lowest BCUT2D eigenvalue weighted by Gasteiger charge is -2.38. The highest BCUT2D eigenvalue weighted by atomic mass is 32.1. The number of carbonyl (C=O) groups is 1. The number of urea groups is 1. The minimum absolute atomic E-state index is 0.0784. The fraction of sp³-hybridized carbons (Fsp3) is 0.308. The van der Waals surface area contributed by atoms with Gasteiger partial charge in [0.05, 0.1) is 6.04 Å². The maximum Gasteiger partial charge on any atom is 0.319 e. The molecule has 0 bridgehead atoms. The zero-order valence-electron chi connectivity index (χ0n) is 11.3. The van der Waals surface area contributed by atoms with E-state index >= 15 is 0 Å². The Morgan fingerprint density at radius 2 is 2.05 bits per heavy atom. The lowest BCUT2D eigenvalue weighted by Crippen LogP contribution is -2.60. The summed E-state index contributed by atoms with van der Waals surface area (Å²) in [5, 5.41) is 15.4. The molecule has 1 aliphatic heterocycles. The number of rotatable bonds is 3. The zero-order chi connectivity index (χ0) is 14.8. The quantitative estimate of drug-likeness (QED) is 0.910. The second-order valence-corrected chi connectivity index (χ2v) is 5.97. The summed E-state index contributed by atoms with van der Waals surface area (Å²) in [5.41, 5.74) is 0.560. The fourth-order valence-electron chi connectivity index (χ4n) is 2.03. The molecule has 3 rings (SSSR count). The normalized spacial score (nSPS) is 14.7. The number of nitrogens with one attached hydrogen (secondary N) is 2.